The van der Waals surface area contributed by atoms with Gasteiger partial charge in [-0.25, -0.2) is 0 Å². The van der Waals surface area contributed by atoms with Crippen molar-refractivity contribution in [1.29, 1.82) is 0 Å². The van der Waals surface area contributed by atoms with Gasteiger partial charge in [-0.05, 0) is 35.9 Å². The Bertz CT molecular complexity index is 570. The van der Waals surface area contributed by atoms with Crippen molar-refractivity contribution in [3.05, 3.63) is 57.5 Å². The quantitative estimate of drug-likeness (QED) is 0.862. The summed E-state index contributed by atoms with van der Waals surface area (Å²) in [5.74, 6) is 0. The molecule has 0 atom stereocenters. The SMILES string of the molecule is CN(C)c1ccc(Br)cc1NCc1cccc(Cl)c1. The van der Waals surface area contributed by atoms with Gasteiger partial charge in [0.15, 0.2) is 0 Å². The lowest BCUT2D eigenvalue weighted by molar-refractivity contribution is 1.10. The van der Waals surface area contributed by atoms with Crippen LogP contribution in [0.1, 0.15) is 5.56 Å². The van der Waals surface area contributed by atoms with Crippen molar-refractivity contribution in [2.24, 2.45) is 0 Å². The number of nitrogens with one attached hydrogen (secondary N) is 1. The lowest BCUT2D eigenvalue weighted by Crippen LogP contribution is -2.12. The smallest absolute Gasteiger partial charge is 0.0597 e. The van der Waals surface area contributed by atoms with Crippen LogP contribution in [0.15, 0.2) is 46.9 Å². The van der Waals surface area contributed by atoms with Gasteiger partial charge < -0.3 is 10.2 Å². The normalized spacial score (nSPS) is 10.3. The van der Waals surface area contributed by atoms with Gasteiger partial charge in [0.1, 0.15) is 0 Å². The Balaban J connectivity index is 2.17. The second-order valence-corrected chi connectivity index (χ2v) is 5.89. The van der Waals surface area contributed by atoms with E-state index in [9.17, 15) is 0 Å². The summed E-state index contributed by atoms with van der Waals surface area (Å²) in [7, 11) is 4.07. The molecule has 0 radical (unpaired) electrons. The van der Waals surface area contributed by atoms with Crippen LogP contribution in [-0.2, 0) is 6.54 Å². The Kier molecular flexibility index (Phi) is 4.72. The summed E-state index contributed by atoms with van der Waals surface area (Å²) in [5.41, 5.74) is 3.42. The number of halogens is 2. The Morgan fingerprint density at radius 2 is 1.95 bits per heavy atom. The zero-order valence-electron chi connectivity index (χ0n) is 11.0. The van der Waals surface area contributed by atoms with E-state index in [-0.39, 0.29) is 0 Å². The summed E-state index contributed by atoms with van der Waals surface area (Å²) in [5, 5.41) is 4.21. The van der Waals surface area contributed by atoms with Gasteiger partial charge in [0, 0.05) is 30.1 Å². The number of rotatable bonds is 4. The largest absolute Gasteiger partial charge is 0.379 e. The molecular weight excluding hydrogens is 324 g/mol. The zero-order valence-corrected chi connectivity index (χ0v) is 13.3. The second kappa shape index (κ2) is 6.31. The van der Waals surface area contributed by atoms with E-state index in [1.54, 1.807) is 0 Å². The van der Waals surface area contributed by atoms with Gasteiger partial charge in [-0.15, -0.1) is 0 Å². The average molecular weight is 340 g/mol. The van der Waals surface area contributed by atoms with Gasteiger partial charge in [-0.1, -0.05) is 39.7 Å². The Labute approximate surface area is 127 Å². The lowest BCUT2D eigenvalue weighted by Gasteiger charge is -2.19. The van der Waals surface area contributed by atoms with Crippen molar-refractivity contribution in [2.45, 2.75) is 6.54 Å². The first-order chi connectivity index (χ1) is 9.06. The summed E-state index contributed by atoms with van der Waals surface area (Å²) in [6.45, 7) is 0.748. The molecule has 2 aromatic rings. The van der Waals surface area contributed by atoms with Gasteiger partial charge in [0.25, 0.3) is 0 Å². The van der Waals surface area contributed by atoms with Crippen molar-refractivity contribution in [1.82, 2.24) is 0 Å². The minimum Gasteiger partial charge on any atom is -0.379 e. The van der Waals surface area contributed by atoms with Crippen molar-refractivity contribution in [2.75, 3.05) is 24.3 Å². The molecule has 0 amide bonds. The number of benzene rings is 2. The first-order valence-electron chi connectivity index (χ1n) is 6.01. The fourth-order valence-corrected chi connectivity index (χ4v) is 2.46. The molecule has 0 heterocycles. The van der Waals surface area contributed by atoms with Gasteiger partial charge in [0.05, 0.1) is 11.4 Å². The third kappa shape index (κ3) is 3.88. The molecule has 0 saturated heterocycles. The molecule has 0 spiro atoms. The summed E-state index contributed by atoms with van der Waals surface area (Å²) < 4.78 is 1.06. The average Bonchev–Trinajstić information content (AvgIpc) is 2.36. The zero-order chi connectivity index (χ0) is 13.8. The van der Waals surface area contributed by atoms with Gasteiger partial charge in [-0.2, -0.15) is 0 Å². The summed E-state index contributed by atoms with van der Waals surface area (Å²) in [6.07, 6.45) is 0. The predicted molar refractivity (Wildman–Crippen MR) is 87.2 cm³/mol. The highest BCUT2D eigenvalue weighted by molar-refractivity contribution is 9.10. The number of nitrogens with zero attached hydrogens (tertiary/aromatic N) is 1. The molecule has 2 nitrogen and oxygen atoms in total. The summed E-state index contributed by atoms with van der Waals surface area (Å²) in [4.78, 5) is 2.09. The maximum atomic E-state index is 5.99. The molecule has 0 bridgehead atoms. The molecule has 2 aromatic carbocycles. The summed E-state index contributed by atoms with van der Waals surface area (Å²) in [6, 6.07) is 14.1. The predicted octanol–water partition coefficient (Wildman–Crippen LogP) is 4.78. The molecule has 0 aliphatic rings. The van der Waals surface area contributed by atoms with Crippen molar-refractivity contribution in [3.8, 4) is 0 Å². The molecule has 100 valence electrons. The molecule has 19 heavy (non-hydrogen) atoms. The highest BCUT2D eigenvalue weighted by Gasteiger charge is 2.05. The Morgan fingerprint density at radius 1 is 1.16 bits per heavy atom. The van der Waals surface area contributed by atoms with Crippen LogP contribution in [0, 0.1) is 0 Å². The van der Waals surface area contributed by atoms with Crippen molar-refractivity contribution >= 4 is 38.9 Å². The summed E-state index contributed by atoms with van der Waals surface area (Å²) >= 11 is 9.49. The molecule has 0 unspecified atom stereocenters. The minimum absolute atomic E-state index is 0.748. The van der Waals surface area contributed by atoms with Crippen molar-refractivity contribution < 1.29 is 0 Å². The maximum absolute atomic E-state index is 5.99. The highest BCUT2D eigenvalue weighted by atomic mass is 79.9. The van der Waals surface area contributed by atoms with E-state index in [1.807, 2.05) is 38.4 Å². The maximum Gasteiger partial charge on any atom is 0.0597 e. The van der Waals surface area contributed by atoms with E-state index < -0.39 is 0 Å². The molecule has 0 aliphatic carbocycles. The highest BCUT2D eigenvalue weighted by Crippen LogP contribution is 2.28. The van der Waals surface area contributed by atoms with Crippen LogP contribution in [0.5, 0.6) is 0 Å². The van der Waals surface area contributed by atoms with Crippen LogP contribution in [0.3, 0.4) is 0 Å². The monoisotopic (exact) mass is 338 g/mol. The molecule has 0 fully saturated rings. The van der Waals surface area contributed by atoms with Gasteiger partial charge >= 0.3 is 0 Å². The van der Waals surface area contributed by atoms with Gasteiger partial charge in [0.2, 0.25) is 0 Å². The van der Waals surface area contributed by atoms with E-state index in [1.165, 1.54) is 0 Å². The topological polar surface area (TPSA) is 15.3 Å². The van der Waals surface area contributed by atoms with Crippen LogP contribution >= 0.6 is 27.5 Å². The van der Waals surface area contributed by atoms with E-state index in [2.05, 4.69) is 44.3 Å². The van der Waals surface area contributed by atoms with E-state index in [4.69, 9.17) is 11.6 Å². The second-order valence-electron chi connectivity index (χ2n) is 4.54. The van der Waals surface area contributed by atoms with Crippen LogP contribution in [0.4, 0.5) is 11.4 Å². The molecule has 2 rings (SSSR count). The Hall–Kier alpha value is -1.19. The third-order valence-electron chi connectivity index (χ3n) is 2.81. The fraction of sp³-hybridized carbons (Fsp3) is 0.200. The Morgan fingerprint density at radius 3 is 2.63 bits per heavy atom. The molecule has 0 saturated carbocycles. The first-order valence-corrected chi connectivity index (χ1v) is 7.18. The molecular formula is C15H16BrClN2. The molecule has 0 aromatic heterocycles. The standard InChI is InChI=1S/C15H16BrClN2/c1-19(2)15-7-6-12(16)9-14(15)18-10-11-4-3-5-13(17)8-11/h3-9,18H,10H2,1-2H3. The van der Waals surface area contributed by atoms with E-state index in [0.29, 0.717) is 0 Å². The van der Waals surface area contributed by atoms with Crippen LogP contribution < -0.4 is 10.2 Å². The number of hydrogen-bond acceptors (Lipinski definition) is 2. The lowest BCUT2D eigenvalue weighted by atomic mass is 10.2. The van der Waals surface area contributed by atoms with Crippen LogP contribution in [-0.4, -0.2) is 14.1 Å². The molecule has 0 aliphatic heterocycles. The molecule has 4 heteroatoms. The fourth-order valence-electron chi connectivity index (χ4n) is 1.88. The van der Waals surface area contributed by atoms with Crippen LogP contribution in [0.25, 0.3) is 0 Å². The third-order valence-corrected chi connectivity index (χ3v) is 3.54. The van der Waals surface area contributed by atoms with E-state index in [0.717, 1.165) is 33.0 Å². The minimum atomic E-state index is 0.748. The van der Waals surface area contributed by atoms with Crippen molar-refractivity contribution in [3.63, 3.8) is 0 Å². The van der Waals surface area contributed by atoms with E-state index >= 15 is 0 Å². The number of anilines is 2. The van der Waals surface area contributed by atoms with Gasteiger partial charge in [-0.3, -0.25) is 0 Å². The number of hydrogen-bond donors (Lipinski definition) is 1. The molecule has 1 N–H and O–H groups in total. The first kappa shape index (κ1) is 14.2. The van der Waals surface area contributed by atoms with Crippen LogP contribution in [0.2, 0.25) is 5.02 Å².